The van der Waals surface area contributed by atoms with E-state index >= 15 is 0 Å². The minimum absolute atomic E-state index is 0.0296. The molecule has 3 aromatic rings. The zero-order chi connectivity index (χ0) is 18.7. The molecule has 26 heavy (non-hydrogen) atoms. The second-order valence-corrected chi connectivity index (χ2v) is 5.50. The highest BCUT2D eigenvalue weighted by atomic mass is 16.5. The van der Waals surface area contributed by atoms with Crippen LogP contribution in [0.2, 0.25) is 0 Å². The molecule has 7 nitrogen and oxygen atoms in total. The van der Waals surface area contributed by atoms with E-state index in [0.717, 1.165) is 0 Å². The first-order chi connectivity index (χ1) is 12.5. The smallest absolute Gasteiger partial charge is 0.366 e. The number of carbonyl (C=O) groups is 2. The van der Waals surface area contributed by atoms with Gasteiger partial charge in [-0.25, -0.2) is 4.79 Å². The van der Waals surface area contributed by atoms with Crippen LogP contribution in [0, 0.1) is 18.3 Å². The summed E-state index contributed by atoms with van der Waals surface area (Å²) in [5.74, 6) is -1.79. The average molecular weight is 350 g/mol. The molecule has 1 heterocycles. The number of hydrogen-bond donors (Lipinski definition) is 2. The molecule has 0 radical (unpaired) electrons. The van der Waals surface area contributed by atoms with Crippen LogP contribution in [-0.2, 0) is 4.79 Å². The number of amides is 1. The molecule has 0 saturated carbocycles. The van der Waals surface area contributed by atoms with Gasteiger partial charge in [0.2, 0.25) is 0 Å². The number of benzene rings is 2. The number of ether oxygens (including phenoxy) is 1. The molecule has 3 rings (SSSR count). The molecule has 1 amide bonds. The molecular formula is C19H14N2O5. The normalized spacial score (nSPS) is 11.5. The highest BCUT2D eigenvalue weighted by molar-refractivity contribution is 6.00. The number of furan rings is 1. The number of nitrogens with one attached hydrogen (secondary N) is 1. The molecule has 0 fully saturated rings. The van der Waals surface area contributed by atoms with E-state index < -0.39 is 18.1 Å². The van der Waals surface area contributed by atoms with Gasteiger partial charge in [0.15, 0.2) is 5.76 Å². The number of carboxylic acids is 1. The first-order valence-corrected chi connectivity index (χ1v) is 7.68. The van der Waals surface area contributed by atoms with Crippen LogP contribution in [0.5, 0.6) is 5.75 Å². The molecule has 0 bridgehead atoms. The number of hydrogen-bond acceptors (Lipinski definition) is 5. The average Bonchev–Trinajstić information content (AvgIpc) is 2.98. The van der Waals surface area contributed by atoms with Crippen molar-refractivity contribution >= 4 is 22.8 Å². The van der Waals surface area contributed by atoms with E-state index in [1.165, 1.54) is 0 Å². The molecule has 2 N–H and O–H groups in total. The Morgan fingerprint density at radius 2 is 1.96 bits per heavy atom. The van der Waals surface area contributed by atoms with Crippen molar-refractivity contribution in [3.8, 4) is 11.8 Å². The van der Waals surface area contributed by atoms with Crippen molar-refractivity contribution in [2.24, 2.45) is 0 Å². The van der Waals surface area contributed by atoms with Gasteiger partial charge in [0, 0.05) is 10.9 Å². The van der Waals surface area contributed by atoms with Crippen molar-refractivity contribution in [1.29, 1.82) is 5.26 Å². The van der Waals surface area contributed by atoms with Crippen molar-refractivity contribution in [3.63, 3.8) is 0 Å². The van der Waals surface area contributed by atoms with Gasteiger partial charge in [-0.2, -0.15) is 5.26 Å². The Balaban J connectivity index is 1.86. The predicted molar refractivity (Wildman–Crippen MR) is 91.6 cm³/mol. The molecule has 0 aliphatic carbocycles. The van der Waals surface area contributed by atoms with Crippen LogP contribution >= 0.6 is 0 Å². The number of carbonyl (C=O) groups excluding carboxylic acids is 1. The molecule has 0 saturated heterocycles. The van der Waals surface area contributed by atoms with E-state index in [9.17, 15) is 14.7 Å². The van der Waals surface area contributed by atoms with Gasteiger partial charge in [0.25, 0.3) is 12.1 Å². The molecule has 130 valence electrons. The van der Waals surface area contributed by atoms with Crippen LogP contribution in [0.4, 0.5) is 0 Å². The maximum atomic E-state index is 12.5. The summed E-state index contributed by atoms with van der Waals surface area (Å²) in [6.45, 7) is 1.66. The fourth-order valence-electron chi connectivity index (χ4n) is 2.47. The summed E-state index contributed by atoms with van der Waals surface area (Å²) in [6, 6.07) is 15.1. The Hall–Kier alpha value is -3.79. The van der Waals surface area contributed by atoms with Gasteiger partial charge in [-0.3, -0.25) is 4.79 Å². The number of nitrogens with zero attached hydrogens (tertiary/aromatic N) is 1. The number of rotatable bonds is 5. The van der Waals surface area contributed by atoms with Crippen molar-refractivity contribution < 1.29 is 23.8 Å². The van der Waals surface area contributed by atoms with Gasteiger partial charge in [-0.15, -0.1) is 0 Å². The van der Waals surface area contributed by atoms with E-state index in [-0.39, 0.29) is 5.76 Å². The Labute approximate surface area is 148 Å². The monoisotopic (exact) mass is 350 g/mol. The number of fused-ring (bicyclic) bond motifs is 1. The lowest BCUT2D eigenvalue weighted by Crippen LogP contribution is -2.45. The van der Waals surface area contributed by atoms with Gasteiger partial charge in [-0.05, 0) is 37.3 Å². The third-order valence-corrected chi connectivity index (χ3v) is 3.76. The van der Waals surface area contributed by atoms with Crippen molar-refractivity contribution in [2.45, 2.75) is 13.2 Å². The highest BCUT2D eigenvalue weighted by Gasteiger charge is 2.26. The molecule has 1 atom stereocenters. The molecular weight excluding hydrogens is 336 g/mol. The number of aryl methyl sites for hydroxylation is 1. The van der Waals surface area contributed by atoms with E-state index in [1.807, 2.05) is 6.07 Å². The molecule has 0 aliphatic heterocycles. The quantitative estimate of drug-likeness (QED) is 0.684. The van der Waals surface area contributed by atoms with Gasteiger partial charge in [0.05, 0.1) is 11.6 Å². The van der Waals surface area contributed by atoms with Crippen molar-refractivity contribution in [2.75, 3.05) is 0 Å². The van der Waals surface area contributed by atoms with Crippen LogP contribution < -0.4 is 10.1 Å². The van der Waals surface area contributed by atoms with Gasteiger partial charge < -0.3 is 19.6 Å². The van der Waals surface area contributed by atoms with Gasteiger partial charge in [-0.1, -0.05) is 18.2 Å². The topological polar surface area (TPSA) is 113 Å². The second kappa shape index (κ2) is 6.99. The zero-order valence-electron chi connectivity index (χ0n) is 13.7. The summed E-state index contributed by atoms with van der Waals surface area (Å²) in [5.41, 5.74) is 1.38. The van der Waals surface area contributed by atoms with Crippen LogP contribution in [0.3, 0.4) is 0 Å². The first kappa shape index (κ1) is 17.0. The Morgan fingerprint density at radius 1 is 1.23 bits per heavy atom. The molecule has 2 aromatic carbocycles. The molecule has 0 aliphatic rings. The highest BCUT2D eigenvalue weighted by Crippen LogP contribution is 2.26. The number of carboxylic acid groups (broad SMARTS) is 1. The SMILES string of the molecule is Cc1c(C(=O)NC(Oc2ccccc2)C(=O)O)oc2ccc(C#N)cc12. The standard InChI is InChI=1S/C19H14N2O5/c1-11-14-9-12(10-20)7-8-15(14)26-16(11)17(22)21-18(19(23)24)25-13-5-3-2-4-6-13/h2-9,18H,1H3,(H,21,22)(H,23,24). The lowest BCUT2D eigenvalue weighted by atomic mass is 10.1. The summed E-state index contributed by atoms with van der Waals surface area (Å²) in [5, 5.41) is 21.2. The summed E-state index contributed by atoms with van der Waals surface area (Å²) in [4.78, 5) is 23.9. The Kier molecular flexibility index (Phi) is 4.58. The number of para-hydroxylation sites is 1. The summed E-state index contributed by atoms with van der Waals surface area (Å²) >= 11 is 0. The van der Waals surface area contributed by atoms with E-state index in [0.29, 0.717) is 27.8 Å². The van der Waals surface area contributed by atoms with Crippen molar-refractivity contribution in [3.05, 3.63) is 65.4 Å². The van der Waals surface area contributed by atoms with Gasteiger partial charge in [0.1, 0.15) is 11.3 Å². The van der Waals surface area contributed by atoms with Crippen LogP contribution in [-0.4, -0.2) is 23.2 Å². The largest absolute Gasteiger partial charge is 0.477 e. The first-order valence-electron chi connectivity index (χ1n) is 7.68. The van der Waals surface area contributed by atoms with E-state index in [2.05, 4.69) is 5.32 Å². The lowest BCUT2D eigenvalue weighted by Gasteiger charge is -2.15. The molecule has 7 heteroatoms. The number of nitriles is 1. The fraction of sp³-hybridized carbons (Fsp3) is 0.105. The Bertz CT molecular complexity index is 1020. The number of aliphatic carboxylic acids is 1. The van der Waals surface area contributed by atoms with Crippen LogP contribution in [0.1, 0.15) is 21.7 Å². The fourth-order valence-corrected chi connectivity index (χ4v) is 2.47. The van der Waals surface area contributed by atoms with E-state index in [4.69, 9.17) is 14.4 Å². The predicted octanol–water partition coefficient (Wildman–Crippen LogP) is 2.83. The van der Waals surface area contributed by atoms with E-state index in [1.54, 1.807) is 55.5 Å². The van der Waals surface area contributed by atoms with Crippen molar-refractivity contribution in [1.82, 2.24) is 5.32 Å². The lowest BCUT2D eigenvalue weighted by molar-refractivity contribution is -0.146. The van der Waals surface area contributed by atoms with Crippen LogP contribution in [0.15, 0.2) is 52.9 Å². The summed E-state index contributed by atoms with van der Waals surface area (Å²) in [6.07, 6.45) is -1.58. The molecule has 1 aromatic heterocycles. The van der Waals surface area contributed by atoms with Crippen LogP contribution in [0.25, 0.3) is 11.0 Å². The third-order valence-electron chi connectivity index (χ3n) is 3.76. The maximum Gasteiger partial charge on any atom is 0.366 e. The second-order valence-electron chi connectivity index (χ2n) is 5.50. The minimum Gasteiger partial charge on any atom is -0.477 e. The van der Waals surface area contributed by atoms with Gasteiger partial charge >= 0.3 is 5.97 Å². The maximum absolute atomic E-state index is 12.5. The molecule has 1 unspecified atom stereocenters. The summed E-state index contributed by atoms with van der Waals surface area (Å²) in [7, 11) is 0. The Morgan fingerprint density at radius 3 is 2.62 bits per heavy atom. The zero-order valence-corrected chi connectivity index (χ0v) is 13.7. The minimum atomic E-state index is -1.58. The summed E-state index contributed by atoms with van der Waals surface area (Å²) < 4.78 is 10.8. The third kappa shape index (κ3) is 3.35. The molecule has 0 spiro atoms.